The number of nitrogens with zero attached hydrogens (tertiary/aromatic N) is 4. The first-order valence-corrected chi connectivity index (χ1v) is 6.65. The minimum absolute atomic E-state index is 0.336. The highest BCUT2D eigenvalue weighted by Gasteiger charge is 2.16. The van der Waals surface area contributed by atoms with Gasteiger partial charge in [-0.2, -0.15) is 4.98 Å². The lowest BCUT2D eigenvalue weighted by Crippen LogP contribution is -2.13. The van der Waals surface area contributed by atoms with E-state index in [1.807, 2.05) is 37.3 Å². The number of hydrogen-bond donors (Lipinski definition) is 1. The van der Waals surface area contributed by atoms with Gasteiger partial charge in [-0.3, -0.25) is 0 Å². The van der Waals surface area contributed by atoms with E-state index in [9.17, 15) is 0 Å². The molecule has 0 bridgehead atoms. The van der Waals surface area contributed by atoms with Crippen LogP contribution in [0.5, 0.6) is 0 Å². The van der Waals surface area contributed by atoms with Crippen molar-refractivity contribution in [2.75, 3.05) is 0 Å². The molecule has 1 atom stereocenters. The number of nitrogens with two attached hydrogens (primary N) is 1. The van der Waals surface area contributed by atoms with Crippen LogP contribution in [-0.4, -0.2) is 20.1 Å². The topological polar surface area (TPSA) is 90.7 Å². The molecule has 1 unspecified atom stereocenters. The Morgan fingerprint density at radius 2 is 1.95 bits per heavy atom. The molecule has 6 heteroatoms. The molecule has 6 nitrogen and oxygen atoms in total. The first kappa shape index (κ1) is 13.4. The fourth-order valence-corrected chi connectivity index (χ4v) is 2.03. The maximum atomic E-state index is 6.12. The Kier molecular flexibility index (Phi) is 3.70. The molecule has 2 heterocycles. The van der Waals surface area contributed by atoms with Gasteiger partial charge in [0, 0.05) is 6.20 Å². The quantitative estimate of drug-likeness (QED) is 0.787. The van der Waals surface area contributed by atoms with Crippen molar-refractivity contribution >= 4 is 0 Å². The summed E-state index contributed by atoms with van der Waals surface area (Å²) < 4.78 is 5.25. The van der Waals surface area contributed by atoms with Crippen LogP contribution in [0.3, 0.4) is 0 Å². The van der Waals surface area contributed by atoms with Crippen LogP contribution < -0.4 is 5.73 Å². The summed E-state index contributed by atoms with van der Waals surface area (Å²) in [5.74, 6) is 1.50. The average Bonchev–Trinajstić information content (AvgIpc) is 2.98. The fourth-order valence-electron chi connectivity index (χ4n) is 2.03. The largest absolute Gasteiger partial charge is 0.337 e. The van der Waals surface area contributed by atoms with Gasteiger partial charge in [0.05, 0.1) is 6.04 Å². The van der Waals surface area contributed by atoms with Crippen molar-refractivity contribution < 1.29 is 4.52 Å². The monoisotopic (exact) mass is 281 g/mol. The highest BCUT2D eigenvalue weighted by Crippen LogP contribution is 2.18. The van der Waals surface area contributed by atoms with Crippen LogP contribution in [0.15, 0.2) is 47.1 Å². The van der Waals surface area contributed by atoms with Crippen molar-refractivity contribution in [3.8, 4) is 11.5 Å². The first-order chi connectivity index (χ1) is 10.2. The van der Waals surface area contributed by atoms with Crippen molar-refractivity contribution in [1.82, 2.24) is 20.1 Å². The third kappa shape index (κ3) is 3.11. The summed E-state index contributed by atoms with van der Waals surface area (Å²) in [5, 5.41) is 3.93. The van der Waals surface area contributed by atoms with E-state index < -0.39 is 0 Å². The molecule has 2 N–H and O–H groups in total. The normalized spacial score (nSPS) is 12.3. The summed E-state index contributed by atoms with van der Waals surface area (Å²) in [4.78, 5) is 12.6. The Balaban J connectivity index is 1.78. The maximum absolute atomic E-state index is 6.12. The predicted molar refractivity (Wildman–Crippen MR) is 77.1 cm³/mol. The number of hydrogen-bond acceptors (Lipinski definition) is 6. The summed E-state index contributed by atoms with van der Waals surface area (Å²) >= 11 is 0. The Morgan fingerprint density at radius 3 is 2.71 bits per heavy atom. The maximum Gasteiger partial charge on any atom is 0.244 e. The summed E-state index contributed by atoms with van der Waals surface area (Å²) in [6.07, 6.45) is 2.31. The summed E-state index contributed by atoms with van der Waals surface area (Å²) in [7, 11) is 0. The van der Waals surface area contributed by atoms with Crippen molar-refractivity contribution in [2.24, 2.45) is 5.73 Å². The third-order valence-corrected chi connectivity index (χ3v) is 3.06. The van der Waals surface area contributed by atoms with Crippen LogP contribution in [0.2, 0.25) is 0 Å². The standard InChI is InChI=1S/C15H15N5O/c1-10-17-8-7-13(18-10)14-19-15(21-20-14)12(16)9-11-5-3-2-4-6-11/h2-8,12H,9,16H2,1H3. The fraction of sp³-hybridized carbons (Fsp3) is 0.200. The second-order valence-electron chi connectivity index (χ2n) is 4.74. The zero-order valence-electron chi connectivity index (χ0n) is 11.6. The molecule has 0 saturated carbocycles. The van der Waals surface area contributed by atoms with Gasteiger partial charge < -0.3 is 10.3 Å². The van der Waals surface area contributed by atoms with Crippen molar-refractivity contribution in [1.29, 1.82) is 0 Å². The van der Waals surface area contributed by atoms with Crippen molar-refractivity contribution in [3.63, 3.8) is 0 Å². The van der Waals surface area contributed by atoms with E-state index in [0.717, 1.165) is 5.56 Å². The van der Waals surface area contributed by atoms with Crippen LogP contribution >= 0.6 is 0 Å². The second kappa shape index (κ2) is 5.80. The highest BCUT2D eigenvalue weighted by molar-refractivity contribution is 5.47. The number of aryl methyl sites for hydroxylation is 1. The molecular formula is C15H15N5O. The van der Waals surface area contributed by atoms with Crippen LogP contribution in [0, 0.1) is 6.92 Å². The Labute approximate surface area is 122 Å². The van der Waals surface area contributed by atoms with Crippen molar-refractivity contribution in [2.45, 2.75) is 19.4 Å². The van der Waals surface area contributed by atoms with E-state index in [4.69, 9.17) is 10.3 Å². The zero-order valence-corrected chi connectivity index (χ0v) is 11.6. The molecule has 0 spiro atoms. The van der Waals surface area contributed by atoms with E-state index in [0.29, 0.717) is 29.7 Å². The molecular weight excluding hydrogens is 266 g/mol. The summed E-state index contributed by atoms with van der Waals surface area (Å²) in [6, 6.07) is 11.4. The molecule has 1 aromatic carbocycles. The molecule has 0 aliphatic heterocycles. The van der Waals surface area contributed by atoms with E-state index in [-0.39, 0.29) is 6.04 Å². The molecule has 0 radical (unpaired) electrons. The van der Waals surface area contributed by atoms with Crippen LogP contribution in [0.25, 0.3) is 11.5 Å². The van der Waals surface area contributed by atoms with Gasteiger partial charge in [-0.15, -0.1) is 0 Å². The van der Waals surface area contributed by atoms with E-state index in [1.54, 1.807) is 12.3 Å². The average molecular weight is 281 g/mol. The van der Waals surface area contributed by atoms with Gasteiger partial charge in [-0.1, -0.05) is 35.5 Å². The molecule has 0 aliphatic carbocycles. The number of rotatable bonds is 4. The van der Waals surface area contributed by atoms with E-state index in [1.165, 1.54) is 0 Å². The van der Waals surface area contributed by atoms with Crippen molar-refractivity contribution in [3.05, 3.63) is 59.9 Å². The Morgan fingerprint density at radius 1 is 1.14 bits per heavy atom. The van der Waals surface area contributed by atoms with E-state index >= 15 is 0 Å². The molecule has 3 aromatic rings. The smallest absolute Gasteiger partial charge is 0.244 e. The Hall–Kier alpha value is -2.60. The minimum Gasteiger partial charge on any atom is -0.337 e. The van der Waals surface area contributed by atoms with Crippen LogP contribution in [0.4, 0.5) is 0 Å². The number of aromatic nitrogens is 4. The van der Waals surface area contributed by atoms with Gasteiger partial charge in [0.2, 0.25) is 11.7 Å². The van der Waals surface area contributed by atoms with Gasteiger partial charge >= 0.3 is 0 Å². The molecule has 0 amide bonds. The van der Waals surface area contributed by atoms with Gasteiger partial charge in [-0.05, 0) is 25.0 Å². The molecule has 0 saturated heterocycles. The number of benzene rings is 1. The molecule has 3 rings (SSSR count). The molecule has 21 heavy (non-hydrogen) atoms. The minimum atomic E-state index is -0.336. The van der Waals surface area contributed by atoms with Gasteiger partial charge in [-0.25, -0.2) is 9.97 Å². The molecule has 0 fully saturated rings. The first-order valence-electron chi connectivity index (χ1n) is 6.65. The third-order valence-electron chi connectivity index (χ3n) is 3.06. The lowest BCUT2D eigenvalue weighted by molar-refractivity contribution is 0.354. The lowest BCUT2D eigenvalue weighted by atomic mass is 10.1. The van der Waals surface area contributed by atoms with Gasteiger partial charge in [0.1, 0.15) is 11.5 Å². The SMILES string of the molecule is Cc1nccc(-c2noc(C(N)Cc3ccccc3)n2)n1. The van der Waals surface area contributed by atoms with Gasteiger partial charge in [0.25, 0.3) is 0 Å². The molecule has 0 aliphatic rings. The van der Waals surface area contributed by atoms with Crippen LogP contribution in [-0.2, 0) is 6.42 Å². The highest BCUT2D eigenvalue weighted by atomic mass is 16.5. The summed E-state index contributed by atoms with van der Waals surface area (Å²) in [5.41, 5.74) is 7.88. The van der Waals surface area contributed by atoms with E-state index in [2.05, 4.69) is 20.1 Å². The predicted octanol–water partition coefficient (Wildman–Crippen LogP) is 2.08. The second-order valence-corrected chi connectivity index (χ2v) is 4.74. The van der Waals surface area contributed by atoms with Crippen LogP contribution in [0.1, 0.15) is 23.3 Å². The van der Waals surface area contributed by atoms with Gasteiger partial charge in [0.15, 0.2) is 0 Å². The Bertz CT molecular complexity index is 726. The zero-order chi connectivity index (χ0) is 14.7. The molecule has 2 aromatic heterocycles. The summed E-state index contributed by atoms with van der Waals surface area (Å²) in [6.45, 7) is 1.81. The molecule has 106 valence electrons. The lowest BCUT2D eigenvalue weighted by Gasteiger charge is -2.05.